The molecule has 0 unspecified atom stereocenters. The molecule has 7 heteroatoms. The van der Waals surface area contributed by atoms with Crippen molar-refractivity contribution in [3.05, 3.63) is 18.0 Å². The van der Waals surface area contributed by atoms with E-state index in [1.54, 1.807) is 0 Å². The summed E-state index contributed by atoms with van der Waals surface area (Å²) in [4.78, 5) is 14.1. The number of nitrogens with zero attached hydrogens (tertiary/aromatic N) is 2. The van der Waals surface area contributed by atoms with E-state index in [1.807, 2.05) is 4.90 Å². The summed E-state index contributed by atoms with van der Waals surface area (Å²) in [7, 11) is 0. The van der Waals surface area contributed by atoms with E-state index in [9.17, 15) is 15.0 Å². The molecule has 2 rings (SSSR count). The lowest BCUT2D eigenvalue weighted by molar-refractivity contribution is 0.0848. The molecular weight excluding hydrogens is 274 g/mol. The van der Waals surface area contributed by atoms with Crippen LogP contribution in [0.3, 0.4) is 0 Å². The molecule has 1 amide bonds. The average Bonchev–Trinajstić information content (AvgIpc) is 3.09. The number of carbonyl (C=O) groups excluding carboxylic acids is 1. The second-order valence-electron chi connectivity index (χ2n) is 5.85. The van der Waals surface area contributed by atoms with Crippen LogP contribution in [0, 0.1) is 11.8 Å². The number of hydrogen-bond acceptors (Lipinski definition) is 6. The molecule has 0 bridgehead atoms. The zero-order chi connectivity index (χ0) is 15.4. The van der Waals surface area contributed by atoms with Crippen molar-refractivity contribution < 1.29 is 19.5 Å². The number of aliphatic hydroxyl groups is 2. The number of carbonyl (C=O) groups is 1. The van der Waals surface area contributed by atoms with E-state index in [0.717, 1.165) is 6.54 Å². The van der Waals surface area contributed by atoms with E-state index in [0.29, 0.717) is 12.5 Å². The van der Waals surface area contributed by atoms with Gasteiger partial charge in [0.1, 0.15) is 6.26 Å². The van der Waals surface area contributed by atoms with Gasteiger partial charge in [-0.2, -0.15) is 0 Å². The summed E-state index contributed by atoms with van der Waals surface area (Å²) in [5, 5.41) is 25.2. The predicted octanol–water partition coefficient (Wildman–Crippen LogP) is -0.286. The van der Waals surface area contributed by atoms with Crippen molar-refractivity contribution in [1.82, 2.24) is 15.4 Å². The molecule has 1 aromatic rings. The third-order valence-electron chi connectivity index (χ3n) is 4.17. The Balaban J connectivity index is 2.04. The topological polar surface area (TPSA) is 98.8 Å². The molecule has 0 spiro atoms. The number of amides is 1. The fraction of sp³-hybridized carbons (Fsp3) is 0.714. The minimum atomic E-state index is -0.278. The Morgan fingerprint density at radius 1 is 1.48 bits per heavy atom. The van der Waals surface area contributed by atoms with Crippen LogP contribution in [0.5, 0.6) is 0 Å². The van der Waals surface area contributed by atoms with Crippen molar-refractivity contribution in [2.24, 2.45) is 11.8 Å². The van der Waals surface area contributed by atoms with Crippen molar-refractivity contribution in [1.29, 1.82) is 0 Å². The number of aromatic nitrogens is 1. The van der Waals surface area contributed by atoms with Gasteiger partial charge in [0.15, 0.2) is 5.69 Å². The number of rotatable bonds is 6. The maximum atomic E-state index is 12.1. The quantitative estimate of drug-likeness (QED) is 0.667. The Morgan fingerprint density at radius 2 is 2.19 bits per heavy atom. The largest absolute Gasteiger partial charge is 0.395 e. The van der Waals surface area contributed by atoms with Gasteiger partial charge in [-0.05, 0) is 11.8 Å². The van der Waals surface area contributed by atoms with Gasteiger partial charge in [-0.15, -0.1) is 0 Å². The lowest BCUT2D eigenvalue weighted by atomic mass is 9.91. The van der Waals surface area contributed by atoms with Gasteiger partial charge >= 0.3 is 0 Å². The third kappa shape index (κ3) is 3.61. The summed E-state index contributed by atoms with van der Waals surface area (Å²) in [6, 6.07) is 1.21. The lowest BCUT2D eigenvalue weighted by Crippen LogP contribution is -2.43. The van der Waals surface area contributed by atoms with Crippen LogP contribution >= 0.6 is 0 Å². The SMILES string of the molecule is CC(C)[C@@H]1CN(C(CO)CO)C[C@H]1NC(=O)c1ccon1. The molecule has 1 aliphatic heterocycles. The number of aliphatic hydroxyl groups excluding tert-OH is 2. The molecule has 0 saturated carbocycles. The molecule has 0 radical (unpaired) electrons. The highest BCUT2D eigenvalue weighted by Crippen LogP contribution is 2.26. The van der Waals surface area contributed by atoms with E-state index in [4.69, 9.17) is 0 Å². The van der Waals surface area contributed by atoms with Gasteiger partial charge in [-0.3, -0.25) is 9.69 Å². The predicted molar refractivity (Wildman–Crippen MR) is 75.6 cm³/mol. The molecule has 118 valence electrons. The van der Waals surface area contributed by atoms with E-state index >= 15 is 0 Å². The standard InChI is InChI=1S/C14H23N3O4/c1-9(2)11-5-17(10(7-18)8-19)6-13(11)15-14(20)12-3-4-21-16-12/h3-4,9-11,13,18-19H,5-8H2,1-2H3,(H,15,20)/t11-,13+/m0/s1. The average molecular weight is 297 g/mol. The van der Waals surface area contributed by atoms with Crippen LogP contribution in [-0.2, 0) is 0 Å². The summed E-state index contributed by atoms with van der Waals surface area (Å²) >= 11 is 0. The van der Waals surface area contributed by atoms with Crippen molar-refractivity contribution in [2.75, 3.05) is 26.3 Å². The fourth-order valence-corrected chi connectivity index (χ4v) is 2.85. The zero-order valence-corrected chi connectivity index (χ0v) is 12.4. The molecule has 7 nitrogen and oxygen atoms in total. The Hall–Kier alpha value is -1.44. The van der Waals surface area contributed by atoms with Crippen LogP contribution in [0.15, 0.2) is 16.9 Å². The maximum Gasteiger partial charge on any atom is 0.273 e. The Bertz CT molecular complexity index is 445. The molecule has 3 N–H and O–H groups in total. The van der Waals surface area contributed by atoms with Crippen LogP contribution in [-0.4, -0.2) is 64.6 Å². The first-order valence-corrected chi connectivity index (χ1v) is 7.23. The smallest absolute Gasteiger partial charge is 0.273 e. The zero-order valence-electron chi connectivity index (χ0n) is 12.4. The first kappa shape index (κ1) is 15.9. The van der Waals surface area contributed by atoms with E-state index in [2.05, 4.69) is 28.8 Å². The number of hydrogen-bond donors (Lipinski definition) is 3. The van der Waals surface area contributed by atoms with Crippen molar-refractivity contribution in [3.8, 4) is 0 Å². The minimum Gasteiger partial charge on any atom is -0.395 e. The molecule has 1 fully saturated rings. The summed E-state index contributed by atoms with van der Waals surface area (Å²) < 4.78 is 4.68. The van der Waals surface area contributed by atoms with Gasteiger partial charge in [0.2, 0.25) is 0 Å². The van der Waals surface area contributed by atoms with Gasteiger partial charge in [-0.25, -0.2) is 0 Å². The molecule has 1 aliphatic rings. The van der Waals surface area contributed by atoms with Crippen LogP contribution < -0.4 is 5.32 Å². The monoisotopic (exact) mass is 297 g/mol. The summed E-state index contributed by atoms with van der Waals surface area (Å²) in [6.07, 6.45) is 1.36. The van der Waals surface area contributed by atoms with Gasteiger partial charge in [-0.1, -0.05) is 19.0 Å². The van der Waals surface area contributed by atoms with Crippen molar-refractivity contribution in [3.63, 3.8) is 0 Å². The molecular formula is C14H23N3O4. The minimum absolute atomic E-state index is 0.0326. The summed E-state index contributed by atoms with van der Waals surface area (Å²) in [5.74, 6) is 0.392. The van der Waals surface area contributed by atoms with Crippen LogP contribution in [0.4, 0.5) is 0 Å². The Morgan fingerprint density at radius 3 is 2.71 bits per heavy atom. The van der Waals surface area contributed by atoms with Crippen molar-refractivity contribution in [2.45, 2.75) is 25.9 Å². The van der Waals surface area contributed by atoms with Crippen LogP contribution in [0.1, 0.15) is 24.3 Å². The molecule has 21 heavy (non-hydrogen) atoms. The van der Waals surface area contributed by atoms with E-state index in [-0.39, 0.29) is 42.8 Å². The second-order valence-corrected chi connectivity index (χ2v) is 5.85. The highest BCUT2D eigenvalue weighted by Gasteiger charge is 2.38. The van der Waals surface area contributed by atoms with Crippen LogP contribution in [0.25, 0.3) is 0 Å². The summed E-state index contributed by atoms with van der Waals surface area (Å²) in [5.41, 5.74) is 0.261. The Labute approximate surface area is 123 Å². The van der Waals surface area contributed by atoms with Crippen molar-refractivity contribution >= 4 is 5.91 Å². The van der Waals surface area contributed by atoms with Gasteiger partial charge in [0.05, 0.1) is 19.3 Å². The fourth-order valence-electron chi connectivity index (χ4n) is 2.85. The summed E-state index contributed by atoms with van der Waals surface area (Å²) in [6.45, 7) is 5.38. The molecule has 2 heterocycles. The van der Waals surface area contributed by atoms with Gasteiger partial charge < -0.3 is 20.1 Å². The highest BCUT2D eigenvalue weighted by atomic mass is 16.5. The van der Waals surface area contributed by atoms with Crippen LogP contribution in [0.2, 0.25) is 0 Å². The number of nitrogens with one attached hydrogen (secondary N) is 1. The van der Waals surface area contributed by atoms with E-state index < -0.39 is 0 Å². The van der Waals surface area contributed by atoms with E-state index in [1.165, 1.54) is 12.3 Å². The second kappa shape index (κ2) is 7.02. The normalized spacial score (nSPS) is 23.1. The molecule has 0 aliphatic carbocycles. The third-order valence-corrected chi connectivity index (χ3v) is 4.17. The first-order chi connectivity index (χ1) is 10.1. The maximum absolute atomic E-state index is 12.1. The molecule has 1 saturated heterocycles. The van der Waals surface area contributed by atoms with Gasteiger partial charge in [0, 0.05) is 25.2 Å². The molecule has 1 aromatic heterocycles. The lowest BCUT2D eigenvalue weighted by Gasteiger charge is -2.24. The van der Waals surface area contributed by atoms with Gasteiger partial charge in [0.25, 0.3) is 5.91 Å². The Kier molecular flexibility index (Phi) is 5.33. The first-order valence-electron chi connectivity index (χ1n) is 7.23. The molecule has 2 atom stereocenters. The number of likely N-dealkylation sites (tertiary alicyclic amines) is 1. The molecule has 0 aromatic carbocycles. The highest BCUT2D eigenvalue weighted by molar-refractivity contribution is 5.92.